The van der Waals surface area contributed by atoms with Gasteiger partial charge in [0.1, 0.15) is 16.2 Å². The third-order valence-electron chi connectivity index (χ3n) is 7.41. The van der Waals surface area contributed by atoms with Crippen LogP contribution in [-0.4, -0.2) is 50.5 Å². The number of para-hydroxylation sites is 1. The maximum atomic E-state index is 13.7. The average molecular weight is 603 g/mol. The molecule has 1 aliphatic rings. The number of halogens is 3. The van der Waals surface area contributed by atoms with Crippen LogP contribution in [0.25, 0.3) is 5.65 Å². The topological polar surface area (TPSA) is 114 Å². The molecule has 1 atom stereocenters. The first-order valence-corrected chi connectivity index (χ1v) is 14.5. The number of sulfonamides is 1. The van der Waals surface area contributed by atoms with E-state index in [-0.39, 0.29) is 35.8 Å². The van der Waals surface area contributed by atoms with Gasteiger partial charge in [-0.15, -0.1) is 10.2 Å². The zero-order chi connectivity index (χ0) is 30.6. The van der Waals surface area contributed by atoms with Crippen LogP contribution in [0.1, 0.15) is 59.8 Å². The standard InChI is InChI=1S/C29H29F3N4O5S/c1-17-9-10-19(13-20(17)15-35-16-28(3,4)41-23-7-5-6-8-24(23)42(35,39)40)22(14-25(37)38)21-11-12-36-26(18(21)2)33-34-27(36)29(30,31)32/h5-13,22H,14-16H2,1-4H3,(H,37,38). The van der Waals surface area contributed by atoms with Gasteiger partial charge >= 0.3 is 12.1 Å². The first kappa shape index (κ1) is 29.5. The average Bonchev–Trinajstić information content (AvgIpc) is 3.31. The normalized spacial score (nSPS) is 17.3. The van der Waals surface area contributed by atoms with Gasteiger partial charge in [-0.05, 0) is 73.7 Å². The summed E-state index contributed by atoms with van der Waals surface area (Å²) in [5.74, 6) is -2.76. The predicted molar refractivity (Wildman–Crippen MR) is 147 cm³/mol. The fraction of sp³-hybridized carbons (Fsp3) is 0.345. The van der Waals surface area contributed by atoms with Crippen LogP contribution in [0.2, 0.25) is 0 Å². The summed E-state index contributed by atoms with van der Waals surface area (Å²) >= 11 is 0. The molecule has 0 saturated carbocycles. The van der Waals surface area contributed by atoms with E-state index in [4.69, 9.17) is 4.74 Å². The van der Waals surface area contributed by atoms with E-state index in [1.165, 1.54) is 22.6 Å². The lowest BCUT2D eigenvalue weighted by Gasteiger charge is -2.29. The Morgan fingerprint density at radius 1 is 1.12 bits per heavy atom. The molecule has 2 aromatic heterocycles. The van der Waals surface area contributed by atoms with Gasteiger partial charge in [0, 0.05) is 18.7 Å². The van der Waals surface area contributed by atoms with E-state index < -0.39 is 39.5 Å². The van der Waals surface area contributed by atoms with Gasteiger partial charge in [-0.3, -0.25) is 9.20 Å². The highest BCUT2D eigenvalue weighted by molar-refractivity contribution is 7.89. The number of aryl methyl sites for hydroxylation is 2. The highest BCUT2D eigenvalue weighted by atomic mass is 32.2. The molecule has 5 rings (SSSR count). The van der Waals surface area contributed by atoms with Crippen molar-refractivity contribution in [2.75, 3.05) is 6.54 Å². The molecule has 0 aliphatic carbocycles. The van der Waals surface area contributed by atoms with Crippen molar-refractivity contribution >= 4 is 21.6 Å². The molecular formula is C29H29F3N4O5S. The molecule has 0 fully saturated rings. The van der Waals surface area contributed by atoms with Crippen molar-refractivity contribution in [1.82, 2.24) is 18.9 Å². The van der Waals surface area contributed by atoms with E-state index in [1.54, 1.807) is 57.2 Å². The molecule has 1 N–H and O–H groups in total. The number of hydrogen-bond donors (Lipinski definition) is 1. The number of nitrogens with zero attached hydrogens (tertiary/aromatic N) is 4. The molecule has 2 aromatic carbocycles. The number of rotatable bonds is 6. The van der Waals surface area contributed by atoms with Gasteiger partial charge in [0.2, 0.25) is 15.8 Å². The molecule has 13 heteroatoms. The van der Waals surface area contributed by atoms with Crippen LogP contribution in [0, 0.1) is 13.8 Å². The number of aliphatic carboxylic acids is 1. The van der Waals surface area contributed by atoms with Gasteiger partial charge in [-0.1, -0.05) is 30.3 Å². The lowest BCUT2D eigenvalue weighted by Crippen LogP contribution is -2.42. The van der Waals surface area contributed by atoms with Gasteiger partial charge in [0.25, 0.3) is 0 Å². The molecule has 9 nitrogen and oxygen atoms in total. The molecule has 4 aromatic rings. The van der Waals surface area contributed by atoms with E-state index in [0.717, 1.165) is 9.96 Å². The zero-order valence-electron chi connectivity index (χ0n) is 23.3. The number of ether oxygens (including phenoxy) is 1. The third-order valence-corrected chi connectivity index (χ3v) is 9.24. The van der Waals surface area contributed by atoms with Crippen molar-refractivity contribution < 1.29 is 36.2 Å². The first-order valence-electron chi connectivity index (χ1n) is 13.1. The lowest BCUT2D eigenvalue weighted by molar-refractivity contribution is -0.145. The Labute approximate surface area is 240 Å². The number of alkyl halides is 3. The number of carboxylic acid groups (broad SMARTS) is 1. The summed E-state index contributed by atoms with van der Waals surface area (Å²) < 4.78 is 75.9. The molecule has 42 heavy (non-hydrogen) atoms. The van der Waals surface area contributed by atoms with Crippen LogP contribution < -0.4 is 4.74 Å². The Kier molecular flexibility index (Phi) is 7.30. The minimum Gasteiger partial charge on any atom is -0.485 e. The Balaban J connectivity index is 1.57. The smallest absolute Gasteiger partial charge is 0.452 e. The molecule has 1 unspecified atom stereocenters. The molecule has 0 bridgehead atoms. The Morgan fingerprint density at radius 3 is 2.52 bits per heavy atom. The van der Waals surface area contributed by atoms with E-state index >= 15 is 0 Å². The van der Waals surface area contributed by atoms with Gasteiger partial charge in [0.05, 0.1) is 13.0 Å². The second-order valence-electron chi connectivity index (χ2n) is 11.0. The van der Waals surface area contributed by atoms with Crippen LogP contribution in [0.4, 0.5) is 13.2 Å². The fourth-order valence-electron chi connectivity index (χ4n) is 5.39. The number of hydrogen-bond acceptors (Lipinski definition) is 6. The Bertz CT molecular complexity index is 1800. The Hall–Kier alpha value is -3.97. The molecule has 222 valence electrons. The molecule has 0 saturated heterocycles. The molecule has 3 heterocycles. The van der Waals surface area contributed by atoms with Crippen molar-refractivity contribution in [3.63, 3.8) is 0 Å². The quantitative estimate of drug-likeness (QED) is 0.317. The van der Waals surface area contributed by atoms with Gasteiger partial charge in [-0.2, -0.15) is 17.5 Å². The van der Waals surface area contributed by atoms with Crippen molar-refractivity contribution in [2.45, 2.75) is 63.3 Å². The van der Waals surface area contributed by atoms with E-state index in [9.17, 15) is 31.5 Å². The van der Waals surface area contributed by atoms with Crippen molar-refractivity contribution in [3.05, 3.63) is 88.4 Å². The summed E-state index contributed by atoms with van der Waals surface area (Å²) in [6.07, 6.45) is -3.88. The molecule has 0 spiro atoms. The van der Waals surface area contributed by atoms with Crippen LogP contribution in [-0.2, 0) is 27.5 Å². The Morgan fingerprint density at radius 2 is 1.83 bits per heavy atom. The van der Waals surface area contributed by atoms with Crippen LogP contribution >= 0.6 is 0 Å². The van der Waals surface area contributed by atoms with Gasteiger partial charge in [-0.25, -0.2) is 8.42 Å². The van der Waals surface area contributed by atoms with Crippen LogP contribution in [0.3, 0.4) is 0 Å². The lowest BCUT2D eigenvalue weighted by atomic mass is 9.85. The predicted octanol–water partition coefficient (Wildman–Crippen LogP) is 5.33. The molecule has 1 aliphatic heterocycles. The van der Waals surface area contributed by atoms with E-state index in [1.807, 2.05) is 6.92 Å². The van der Waals surface area contributed by atoms with Crippen LogP contribution in [0.5, 0.6) is 5.75 Å². The summed E-state index contributed by atoms with van der Waals surface area (Å²) in [5.41, 5.74) is 1.99. The summed E-state index contributed by atoms with van der Waals surface area (Å²) in [4.78, 5) is 12.0. The van der Waals surface area contributed by atoms with Gasteiger partial charge in [0.15, 0.2) is 5.65 Å². The van der Waals surface area contributed by atoms with Crippen LogP contribution in [0.15, 0.2) is 59.6 Å². The summed E-state index contributed by atoms with van der Waals surface area (Å²) in [5, 5.41) is 16.8. The first-order chi connectivity index (χ1) is 19.6. The molecule has 0 radical (unpaired) electrons. The van der Waals surface area contributed by atoms with Crippen molar-refractivity contribution in [1.29, 1.82) is 0 Å². The van der Waals surface area contributed by atoms with E-state index in [0.29, 0.717) is 22.3 Å². The minimum atomic E-state index is -4.71. The fourth-order valence-corrected chi connectivity index (χ4v) is 7.07. The maximum Gasteiger partial charge on any atom is 0.452 e. The number of pyridine rings is 1. The zero-order valence-corrected chi connectivity index (χ0v) is 24.1. The summed E-state index contributed by atoms with van der Waals surface area (Å²) in [6.45, 7) is 7.08. The highest BCUT2D eigenvalue weighted by Crippen LogP contribution is 2.37. The second-order valence-corrected chi connectivity index (χ2v) is 12.9. The van der Waals surface area contributed by atoms with Gasteiger partial charge < -0.3 is 9.84 Å². The van der Waals surface area contributed by atoms with E-state index in [2.05, 4.69) is 10.2 Å². The number of carboxylic acids is 1. The van der Waals surface area contributed by atoms with Crippen molar-refractivity contribution in [2.24, 2.45) is 0 Å². The van der Waals surface area contributed by atoms with Crippen molar-refractivity contribution in [3.8, 4) is 5.75 Å². The molecular weight excluding hydrogens is 573 g/mol. The molecule has 0 amide bonds. The number of carbonyl (C=O) groups is 1. The SMILES string of the molecule is Cc1ccc(C(CC(=O)O)c2ccn3c(C(F)(F)F)nnc3c2C)cc1CN1CC(C)(C)Oc2ccccc2S1(=O)=O. The minimum absolute atomic E-state index is 0.0000597. The summed E-state index contributed by atoms with van der Waals surface area (Å²) in [6, 6.07) is 13.2. The summed E-state index contributed by atoms with van der Waals surface area (Å²) in [7, 11) is -3.95. The largest absolute Gasteiger partial charge is 0.485 e. The highest BCUT2D eigenvalue weighted by Gasteiger charge is 2.39. The third kappa shape index (κ3) is 5.45. The maximum absolute atomic E-state index is 13.7. The number of fused-ring (bicyclic) bond motifs is 2. The number of benzene rings is 2. The second kappa shape index (κ2) is 10.4. The monoisotopic (exact) mass is 602 g/mol. The number of aromatic nitrogens is 3.